The molecule has 1 aliphatic rings. The maximum Gasteiger partial charge on any atom is 0.469 e. The Bertz CT molecular complexity index is 2290. The molecule has 0 bridgehead atoms. The first kappa shape index (κ1) is 38.0. The highest BCUT2D eigenvalue weighted by atomic mass is 31.2. The number of hydrogen-bond acceptors (Lipinski definition) is 14. The molecular formula is C29H37N14O10P. The van der Waals surface area contributed by atoms with Gasteiger partial charge in [0.25, 0.3) is 23.3 Å². The van der Waals surface area contributed by atoms with Crippen LogP contribution in [0.25, 0.3) is 11.2 Å². The number of aliphatic hydroxyl groups is 1. The summed E-state index contributed by atoms with van der Waals surface area (Å²) < 4.78 is 27.1. The van der Waals surface area contributed by atoms with Crippen LogP contribution in [0.2, 0.25) is 0 Å². The highest BCUT2D eigenvalue weighted by molar-refractivity contribution is 7.46. The van der Waals surface area contributed by atoms with Gasteiger partial charge in [-0.25, -0.2) is 24.5 Å². The van der Waals surface area contributed by atoms with E-state index in [4.69, 9.17) is 14.5 Å². The van der Waals surface area contributed by atoms with E-state index in [1.54, 1.807) is 31.9 Å². The number of nitrogens with one attached hydrogen (secondary N) is 5. The second-order valence-corrected chi connectivity index (χ2v) is 13.5. The van der Waals surface area contributed by atoms with E-state index in [0.29, 0.717) is 25.9 Å². The van der Waals surface area contributed by atoms with Crippen LogP contribution < -0.4 is 26.8 Å². The second-order valence-electron chi connectivity index (χ2n) is 12.2. The molecule has 0 spiro atoms. The predicted octanol–water partition coefficient (Wildman–Crippen LogP) is -0.795. The maximum absolute atomic E-state index is 13.0. The fourth-order valence-electron chi connectivity index (χ4n) is 5.57. The molecule has 288 valence electrons. The first-order valence-electron chi connectivity index (χ1n) is 16.4. The number of rotatable bonds is 15. The highest BCUT2D eigenvalue weighted by Gasteiger charge is 2.37. The van der Waals surface area contributed by atoms with Crippen molar-refractivity contribution >= 4 is 54.3 Å². The zero-order valence-electron chi connectivity index (χ0n) is 29.0. The third-order valence-corrected chi connectivity index (χ3v) is 8.69. The van der Waals surface area contributed by atoms with Crippen LogP contribution in [0.3, 0.4) is 0 Å². The number of anilines is 3. The van der Waals surface area contributed by atoms with E-state index in [2.05, 4.69) is 55.7 Å². The molecule has 3 atom stereocenters. The van der Waals surface area contributed by atoms with Gasteiger partial charge in [0.15, 0.2) is 28.6 Å². The van der Waals surface area contributed by atoms with Crippen molar-refractivity contribution in [2.75, 3.05) is 35.6 Å². The average molecular weight is 773 g/mol. The number of phosphoric ester groups is 1. The Labute approximate surface area is 304 Å². The third-order valence-electron chi connectivity index (χ3n) is 8.20. The number of H-pyrrole nitrogens is 1. The van der Waals surface area contributed by atoms with Gasteiger partial charge in [0.2, 0.25) is 17.6 Å². The van der Waals surface area contributed by atoms with Gasteiger partial charge in [0.1, 0.15) is 12.3 Å². The lowest BCUT2D eigenvalue weighted by Crippen LogP contribution is -2.27. The third kappa shape index (κ3) is 8.70. The predicted molar refractivity (Wildman–Crippen MR) is 186 cm³/mol. The minimum absolute atomic E-state index is 0.00910. The molecule has 0 unspecified atom stereocenters. The number of fused-ring (bicyclic) bond motifs is 1. The van der Waals surface area contributed by atoms with E-state index in [9.17, 15) is 28.8 Å². The van der Waals surface area contributed by atoms with Crippen molar-refractivity contribution in [1.82, 2.24) is 53.5 Å². The molecule has 6 rings (SSSR count). The molecule has 8 N–H and O–H groups in total. The van der Waals surface area contributed by atoms with Crippen LogP contribution >= 0.6 is 7.82 Å². The standard InChI is InChI=1S/C29H37N14O10P/c1-40-9-8-30-22(40)27(47)36-18-12-42(3)24(35-18)28(48)37-17-11-41(2)23(34-17)26(46)31-6-4-5-7-32-29-38-21-20(25(45)39-29)33-14-43(21)19-10-15(44)16(53-19)13-52-54(49,50)51/h8-9,11-12,14-16,19,44H,4-7,10,13H2,1-3H3,(H,31,46)(H,36,47)(H,37,48)(H2,49,50,51)(H2,32,38,39,45)/t15-,16+,19+/m0/s1. The molecule has 0 aliphatic carbocycles. The molecule has 1 saturated heterocycles. The number of imidazole rings is 4. The van der Waals surface area contributed by atoms with Crippen molar-refractivity contribution in [2.45, 2.75) is 37.7 Å². The van der Waals surface area contributed by atoms with Crippen LogP contribution in [0, 0.1) is 0 Å². The Morgan fingerprint density at radius 3 is 2.24 bits per heavy atom. The number of aromatic amines is 1. The van der Waals surface area contributed by atoms with Crippen LogP contribution in [-0.4, -0.2) is 113 Å². The number of amides is 3. The lowest BCUT2D eigenvalue weighted by Gasteiger charge is -2.16. The summed E-state index contributed by atoms with van der Waals surface area (Å²) in [6.07, 6.45) is 5.60. The van der Waals surface area contributed by atoms with Crippen molar-refractivity contribution in [3.05, 3.63) is 58.9 Å². The summed E-state index contributed by atoms with van der Waals surface area (Å²) in [6, 6.07) is 0. The zero-order valence-corrected chi connectivity index (χ0v) is 29.9. The number of aromatic nitrogens is 10. The summed E-state index contributed by atoms with van der Waals surface area (Å²) in [6.45, 7) is 0.126. The molecule has 1 aliphatic heterocycles. The quantitative estimate of drug-likeness (QED) is 0.0477. The fourth-order valence-corrected chi connectivity index (χ4v) is 5.91. The molecule has 6 heterocycles. The highest BCUT2D eigenvalue weighted by Crippen LogP contribution is 2.38. The molecule has 0 saturated carbocycles. The number of ether oxygens (including phenoxy) is 1. The SMILES string of the molecule is Cn1cc(NC(=O)c2nc(NC(=O)c3nccn3C)cn2C)nc1C(=O)NCCCCNc1nc2c(ncn2[C@H]2C[C@H](O)[C@@H](COP(=O)(O)O)O2)c(=O)[nH]1. The largest absolute Gasteiger partial charge is 0.469 e. The second kappa shape index (κ2) is 15.7. The Kier molecular flexibility index (Phi) is 11.0. The van der Waals surface area contributed by atoms with E-state index in [0.717, 1.165) is 0 Å². The summed E-state index contributed by atoms with van der Waals surface area (Å²) in [5.41, 5.74) is -0.321. The number of carbonyl (C=O) groups excluding carboxylic acids is 3. The molecule has 0 aromatic carbocycles. The summed E-state index contributed by atoms with van der Waals surface area (Å²) in [5.74, 6) is -0.954. The summed E-state index contributed by atoms with van der Waals surface area (Å²) in [4.78, 5) is 92.4. The number of phosphoric acid groups is 1. The van der Waals surface area contributed by atoms with Crippen molar-refractivity contribution in [3.63, 3.8) is 0 Å². The van der Waals surface area contributed by atoms with Crippen molar-refractivity contribution < 1.29 is 43.1 Å². The number of aliphatic hydroxyl groups excluding tert-OH is 1. The number of nitrogens with zero attached hydrogens (tertiary/aromatic N) is 9. The van der Waals surface area contributed by atoms with Gasteiger partial charge in [-0.05, 0) is 12.8 Å². The molecule has 24 nitrogen and oxygen atoms in total. The number of aryl methyl sites for hydroxylation is 3. The van der Waals surface area contributed by atoms with E-state index in [-0.39, 0.29) is 52.6 Å². The Balaban J connectivity index is 0.961. The van der Waals surface area contributed by atoms with Crippen LogP contribution in [0.1, 0.15) is 57.3 Å². The summed E-state index contributed by atoms with van der Waals surface area (Å²) in [7, 11) is 0.0955. The van der Waals surface area contributed by atoms with Gasteiger partial charge in [-0.15, -0.1) is 0 Å². The van der Waals surface area contributed by atoms with Crippen LogP contribution in [0.4, 0.5) is 17.6 Å². The Morgan fingerprint density at radius 1 is 0.944 bits per heavy atom. The molecule has 25 heteroatoms. The van der Waals surface area contributed by atoms with E-state index in [1.165, 1.54) is 38.6 Å². The van der Waals surface area contributed by atoms with Gasteiger partial charge in [-0.3, -0.25) is 33.3 Å². The number of hydrogen-bond donors (Lipinski definition) is 8. The van der Waals surface area contributed by atoms with Gasteiger partial charge >= 0.3 is 7.82 Å². The van der Waals surface area contributed by atoms with Crippen molar-refractivity contribution in [1.29, 1.82) is 0 Å². The van der Waals surface area contributed by atoms with Gasteiger partial charge in [-0.1, -0.05) is 0 Å². The molecule has 5 aromatic heterocycles. The average Bonchev–Trinajstić information content (AvgIpc) is 3.93. The lowest BCUT2D eigenvalue weighted by atomic mass is 10.2. The molecule has 5 aromatic rings. The topological polar surface area (TPSA) is 313 Å². The van der Waals surface area contributed by atoms with Crippen molar-refractivity contribution in [2.24, 2.45) is 21.1 Å². The number of unbranched alkanes of at least 4 members (excludes halogenated alkanes) is 1. The molecule has 1 fully saturated rings. The normalized spacial score (nSPS) is 17.2. The first-order chi connectivity index (χ1) is 25.7. The van der Waals surface area contributed by atoms with Crippen LogP contribution in [0.5, 0.6) is 0 Å². The lowest BCUT2D eigenvalue weighted by molar-refractivity contribution is -0.0424. The minimum atomic E-state index is -4.76. The fraction of sp³-hybridized carbons (Fsp3) is 0.414. The van der Waals surface area contributed by atoms with Crippen molar-refractivity contribution in [3.8, 4) is 0 Å². The molecule has 3 amide bonds. The monoisotopic (exact) mass is 772 g/mol. The molecule has 0 radical (unpaired) electrons. The van der Waals surface area contributed by atoms with Gasteiger partial charge < -0.3 is 54.6 Å². The van der Waals surface area contributed by atoms with Crippen LogP contribution in [-0.2, 0) is 35.0 Å². The van der Waals surface area contributed by atoms with E-state index < -0.39 is 56.1 Å². The molecule has 54 heavy (non-hydrogen) atoms. The Morgan fingerprint density at radius 2 is 1.59 bits per heavy atom. The Hall–Kier alpha value is -5.78. The van der Waals surface area contributed by atoms with Crippen LogP contribution in [0.15, 0.2) is 35.9 Å². The molecular weight excluding hydrogens is 735 g/mol. The van der Waals surface area contributed by atoms with Gasteiger partial charge in [-0.2, -0.15) is 4.98 Å². The first-order valence-corrected chi connectivity index (χ1v) is 17.9. The minimum Gasteiger partial charge on any atom is -0.390 e. The summed E-state index contributed by atoms with van der Waals surface area (Å²) in [5, 5.41) is 21.3. The zero-order chi connectivity index (χ0) is 38.7. The maximum atomic E-state index is 13.0. The van der Waals surface area contributed by atoms with E-state index >= 15 is 0 Å². The smallest absolute Gasteiger partial charge is 0.390 e. The summed E-state index contributed by atoms with van der Waals surface area (Å²) >= 11 is 0. The number of carbonyl (C=O) groups is 3. The van der Waals surface area contributed by atoms with Gasteiger partial charge in [0, 0.05) is 65.4 Å². The van der Waals surface area contributed by atoms with Gasteiger partial charge in [0.05, 0.1) is 19.0 Å². The van der Waals surface area contributed by atoms with E-state index in [1.807, 2.05) is 0 Å².